The van der Waals surface area contributed by atoms with Crippen molar-refractivity contribution in [3.05, 3.63) is 41.7 Å². The standard InChI is InChI=1S/C18H18F6N6O2.C2HF3O2/c1-9(2)14(25)16(32)30(26)13(31)3-4-29-8-27-15(28-29)10-5-11(17(19,20)21)7-12(6-10)18(22,23)24;3-2(4,5)1(6)7/h3-9,14H,25-26H2,1-2H3;(H,6,7)/t14-;/m0./s1. The van der Waals surface area contributed by atoms with E-state index in [0.29, 0.717) is 12.1 Å². The minimum atomic E-state index is -5.08. The molecule has 0 unspecified atom stereocenters. The van der Waals surface area contributed by atoms with Gasteiger partial charge in [0.05, 0.1) is 17.2 Å². The van der Waals surface area contributed by atoms with Gasteiger partial charge in [-0.2, -0.15) is 39.5 Å². The Kier molecular flexibility index (Phi) is 10.4. The maximum Gasteiger partial charge on any atom is 0.490 e. The molecule has 216 valence electrons. The Morgan fingerprint density at radius 1 is 0.974 bits per heavy atom. The minimum absolute atomic E-state index is 0.0201. The highest BCUT2D eigenvalue weighted by molar-refractivity contribution is 6.03. The Labute approximate surface area is 212 Å². The number of rotatable bonds is 5. The lowest BCUT2D eigenvalue weighted by molar-refractivity contribution is -0.192. The van der Waals surface area contributed by atoms with E-state index in [-0.39, 0.29) is 17.0 Å². The van der Waals surface area contributed by atoms with Gasteiger partial charge in [0.2, 0.25) is 0 Å². The Bertz CT molecular complexity index is 1190. The third-order valence-corrected chi connectivity index (χ3v) is 4.44. The van der Waals surface area contributed by atoms with Crippen LogP contribution in [-0.4, -0.2) is 54.9 Å². The van der Waals surface area contributed by atoms with Gasteiger partial charge in [0.15, 0.2) is 5.82 Å². The molecule has 0 aliphatic carbocycles. The van der Waals surface area contributed by atoms with Crippen molar-refractivity contribution in [3.63, 3.8) is 0 Å². The highest BCUT2D eigenvalue weighted by atomic mass is 19.4. The van der Waals surface area contributed by atoms with E-state index in [0.717, 1.165) is 23.3 Å². The van der Waals surface area contributed by atoms with Gasteiger partial charge in [-0.05, 0) is 24.1 Å². The maximum atomic E-state index is 13.0. The molecule has 1 heterocycles. The summed E-state index contributed by atoms with van der Waals surface area (Å²) in [5.74, 6) is 0.0768. The number of halogens is 9. The number of imide groups is 1. The Hall–Kier alpha value is -4.00. The number of alkyl halides is 9. The number of carboxylic acids is 1. The second-order valence-corrected chi connectivity index (χ2v) is 7.78. The van der Waals surface area contributed by atoms with Crippen molar-refractivity contribution >= 4 is 24.0 Å². The van der Waals surface area contributed by atoms with Crippen molar-refractivity contribution in [3.8, 4) is 11.4 Å². The summed E-state index contributed by atoms with van der Waals surface area (Å²) < 4.78 is 111. The van der Waals surface area contributed by atoms with Crippen LogP contribution in [0.15, 0.2) is 30.6 Å². The van der Waals surface area contributed by atoms with Gasteiger partial charge in [0.25, 0.3) is 11.8 Å². The fourth-order valence-corrected chi connectivity index (χ4v) is 2.34. The number of carbonyl (C=O) groups excluding carboxylic acids is 2. The summed E-state index contributed by atoms with van der Waals surface area (Å²) in [5.41, 5.74) is 2.04. The molecule has 5 N–H and O–H groups in total. The zero-order valence-electron chi connectivity index (χ0n) is 19.6. The number of nitrogens with two attached hydrogens (primary N) is 2. The van der Waals surface area contributed by atoms with Crippen molar-refractivity contribution in [1.29, 1.82) is 0 Å². The van der Waals surface area contributed by atoms with Crippen molar-refractivity contribution in [2.45, 2.75) is 38.4 Å². The number of aliphatic carboxylic acids is 1. The normalized spacial score (nSPS) is 13.2. The molecule has 0 bridgehead atoms. The first-order valence-corrected chi connectivity index (χ1v) is 10.1. The molecule has 2 amide bonds. The predicted octanol–water partition coefficient (Wildman–Crippen LogP) is 3.30. The summed E-state index contributed by atoms with van der Waals surface area (Å²) in [7, 11) is 0. The zero-order valence-corrected chi connectivity index (χ0v) is 19.6. The van der Waals surface area contributed by atoms with Crippen LogP contribution in [0.5, 0.6) is 0 Å². The molecule has 39 heavy (non-hydrogen) atoms. The Morgan fingerprint density at radius 2 is 1.44 bits per heavy atom. The first-order valence-electron chi connectivity index (χ1n) is 10.1. The smallest absolute Gasteiger partial charge is 0.475 e. The number of hydrogen-bond donors (Lipinski definition) is 3. The summed E-state index contributed by atoms with van der Waals surface area (Å²) >= 11 is 0. The first-order chi connectivity index (χ1) is 17.6. The van der Waals surface area contributed by atoms with Crippen LogP contribution >= 0.6 is 0 Å². The summed E-state index contributed by atoms with van der Waals surface area (Å²) in [6.07, 6.45) is -12.4. The molecule has 0 aliphatic rings. The van der Waals surface area contributed by atoms with Crippen molar-refractivity contribution in [2.75, 3.05) is 0 Å². The molecule has 1 aromatic heterocycles. The number of carbonyl (C=O) groups is 3. The second kappa shape index (κ2) is 12.2. The molecule has 19 heteroatoms. The third-order valence-electron chi connectivity index (χ3n) is 4.44. The highest BCUT2D eigenvalue weighted by Gasteiger charge is 2.38. The van der Waals surface area contributed by atoms with Crippen LogP contribution in [0, 0.1) is 5.92 Å². The van der Waals surface area contributed by atoms with Gasteiger partial charge in [-0.25, -0.2) is 25.3 Å². The molecule has 2 aromatic rings. The average Bonchev–Trinajstić information content (AvgIpc) is 3.28. The molecule has 1 aromatic carbocycles. The van der Waals surface area contributed by atoms with E-state index in [1.165, 1.54) is 0 Å². The lowest BCUT2D eigenvalue weighted by Gasteiger charge is -2.20. The molecular formula is C20H19F9N6O4. The van der Waals surface area contributed by atoms with Crippen LogP contribution in [0.2, 0.25) is 0 Å². The summed E-state index contributed by atoms with van der Waals surface area (Å²) in [6, 6.07) is -0.109. The minimum Gasteiger partial charge on any atom is -0.475 e. The number of hydrazine groups is 1. The number of nitrogens with zero attached hydrogens (tertiary/aromatic N) is 4. The SMILES string of the molecule is CC(C)[C@H](N)C(=O)N(N)C(=O)C=Cn1cnc(-c2cc(C(F)(F)F)cc(C(F)(F)F)c2)n1.O=C(O)C(F)(F)F. The van der Waals surface area contributed by atoms with Crippen LogP contribution in [0.25, 0.3) is 17.6 Å². The van der Waals surface area contributed by atoms with Gasteiger partial charge in [-0.15, -0.1) is 5.10 Å². The van der Waals surface area contributed by atoms with Crippen LogP contribution in [0.1, 0.15) is 25.0 Å². The van der Waals surface area contributed by atoms with Gasteiger partial charge in [-0.1, -0.05) is 13.8 Å². The molecule has 0 spiro atoms. The Morgan fingerprint density at radius 3 is 1.82 bits per heavy atom. The molecule has 0 aliphatic heterocycles. The van der Waals surface area contributed by atoms with Crippen LogP contribution < -0.4 is 11.6 Å². The van der Waals surface area contributed by atoms with Crippen molar-refractivity contribution < 1.29 is 59.0 Å². The molecule has 10 nitrogen and oxygen atoms in total. The summed E-state index contributed by atoms with van der Waals surface area (Å²) in [6.45, 7) is 3.29. The van der Waals surface area contributed by atoms with E-state index >= 15 is 0 Å². The number of hydrogen-bond acceptors (Lipinski definition) is 7. The van der Waals surface area contributed by atoms with Gasteiger partial charge < -0.3 is 10.8 Å². The van der Waals surface area contributed by atoms with Gasteiger partial charge >= 0.3 is 24.5 Å². The van der Waals surface area contributed by atoms with Gasteiger partial charge in [0.1, 0.15) is 6.33 Å². The maximum absolute atomic E-state index is 13.0. The van der Waals surface area contributed by atoms with E-state index in [2.05, 4.69) is 10.1 Å². The molecule has 0 saturated carbocycles. The monoisotopic (exact) mass is 578 g/mol. The number of aromatic nitrogens is 3. The quantitative estimate of drug-likeness (QED) is 0.160. The molecule has 0 fully saturated rings. The molecule has 1 atom stereocenters. The van der Waals surface area contributed by atoms with E-state index < -0.39 is 64.9 Å². The highest BCUT2D eigenvalue weighted by Crippen LogP contribution is 2.38. The second-order valence-electron chi connectivity index (χ2n) is 7.78. The summed E-state index contributed by atoms with van der Waals surface area (Å²) in [5, 5.41) is 11.1. The van der Waals surface area contributed by atoms with Gasteiger partial charge in [-0.3, -0.25) is 9.59 Å². The van der Waals surface area contributed by atoms with Crippen molar-refractivity contribution in [1.82, 2.24) is 19.8 Å². The summed E-state index contributed by atoms with van der Waals surface area (Å²) in [4.78, 5) is 36.5. The lowest BCUT2D eigenvalue weighted by Crippen LogP contribution is -2.52. The first kappa shape index (κ1) is 33.0. The van der Waals surface area contributed by atoms with Crippen molar-refractivity contribution in [2.24, 2.45) is 17.5 Å². The molecular weight excluding hydrogens is 559 g/mol. The molecule has 2 rings (SSSR count). The van der Waals surface area contributed by atoms with E-state index in [9.17, 15) is 49.1 Å². The van der Waals surface area contributed by atoms with Gasteiger partial charge in [0, 0.05) is 17.8 Å². The number of benzene rings is 1. The third kappa shape index (κ3) is 9.67. The Balaban J connectivity index is 0.000000956. The fraction of sp³-hybridized carbons (Fsp3) is 0.350. The predicted molar refractivity (Wildman–Crippen MR) is 113 cm³/mol. The van der Waals surface area contributed by atoms with Crippen LogP contribution in [0.3, 0.4) is 0 Å². The van der Waals surface area contributed by atoms with Crippen LogP contribution in [-0.2, 0) is 26.7 Å². The fourth-order valence-electron chi connectivity index (χ4n) is 2.34. The lowest BCUT2D eigenvalue weighted by atomic mass is 10.0. The van der Waals surface area contributed by atoms with Crippen LogP contribution in [0.4, 0.5) is 39.5 Å². The average molecular weight is 578 g/mol. The molecule has 0 saturated heterocycles. The van der Waals surface area contributed by atoms with E-state index in [1.54, 1.807) is 13.8 Å². The van der Waals surface area contributed by atoms with E-state index in [1.807, 2.05) is 0 Å². The number of amides is 2. The topological polar surface area (TPSA) is 157 Å². The van der Waals surface area contributed by atoms with E-state index in [4.69, 9.17) is 21.5 Å². The molecule has 0 radical (unpaired) electrons. The largest absolute Gasteiger partial charge is 0.490 e. The zero-order chi connectivity index (χ0) is 30.5. The number of carboxylic acid groups (broad SMARTS) is 1.